The summed E-state index contributed by atoms with van der Waals surface area (Å²) in [4.78, 5) is 15.7. The number of thiophene rings is 1. The van der Waals surface area contributed by atoms with Gasteiger partial charge in [-0.25, -0.2) is 0 Å². The van der Waals surface area contributed by atoms with E-state index < -0.39 is 0 Å². The van der Waals surface area contributed by atoms with Gasteiger partial charge in [0.25, 0.3) is 5.91 Å². The second kappa shape index (κ2) is 8.11. The van der Waals surface area contributed by atoms with E-state index in [-0.39, 0.29) is 5.91 Å². The third kappa shape index (κ3) is 4.16. The predicted octanol–water partition coefficient (Wildman–Crippen LogP) is 2.35. The molecule has 0 atom stereocenters. The Labute approximate surface area is 150 Å². The zero-order valence-electron chi connectivity index (χ0n) is 13.6. The highest BCUT2D eigenvalue weighted by Gasteiger charge is 2.16. The summed E-state index contributed by atoms with van der Waals surface area (Å²) < 4.78 is 7.88. The Hall–Kier alpha value is -1.41. The molecule has 1 amide bonds. The number of aromatic nitrogens is 2. The Morgan fingerprint density at radius 3 is 2.88 bits per heavy atom. The largest absolute Gasteiger partial charge is 0.379 e. The Kier molecular flexibility index (Phi) is 5.89. The summed E-state index contributed by atoms with van der Waals surface area (Å²) in [5.74, 6) is -0.139. The van der Waals surface area contributed by atoms with Crippen LogP contribution in [-0.2, 0) is 11.3 Å². The van der Waals surface area contributed by atoms with Crippen LogP contribution in [0.25, 0.3) is 10.6 Å². The molecular weight excluding hydrogens is 348 g/mol. The predicted molar refractivity (Wildman–Crippen MR) is 95.8 cm³/mol. The molecule has 3 rings (SSSR count). The molecule has 0 aliphatic carbocycles. The van der Waals surface area contributed by atoms with E-state index in [0.29, 0.717) is 18.8 Å². The number of rotatable bonds is 6. The van der Waals surface area contributed by atoms with Crippen molar-refractivity contribution in [2.45, 2.75) is 13.5 Å². The van der Waals surface area contributed by atoms with Gasteiger partial charge in [-0.1, -0.05) is 11.6 Å². The Balaban J connectivity index is 1.61. The van der Waals surface area contributed by atoms with Gasteiger partial charge >= 0.3 is 0 Å². The quantitative estimate of drug-likeness (QED) is 0.850. The van der Waals surface area contributed by atoms with Gasteiger partial charge in [0.15, 0.2) is 5.69 Å². The molecule has 3 heterocycles. The first kappa shape index (κ1) is 17.4. The molecule has 2 aromatic rings. The number of morpholine rings is 1. The molecule has 6 nitrogen and oxygen atoms in total. The molecule has 24 heavy (non-hydrogen) atoms. The van der Waals surface area contributed by atoms with Crippen molar-refractivity contribution in [1.29, 1.82) is 0 Å². The lowest BCUT2D eigenvalue weighted by Gasteiger charge is -2.26. The van der Waals surface area contributed by atoms with Gasteiger partial charge in [0.2, 0.25) is 0 Å². The van der Waals surface area contributed by atoms with Crippen LogP contribution in [0, 0.1) is 0 Å². The minimum Gasteiger partial charge on any atom is -0.379 e. The number of carbonyl (C=O) groups excluding carboxylic acids is 1. The zero-order valence-corrected chi connectivity index (χ0v) is 15.2. The SMILES string of the molecule is CCn1nc(C(=O)NCCN2CCOCC2)cc1-c1ccc(Cl)s1. The topological polar surface area (TPSA) is 59.4 Å². The first-order chi connectivity index (χ1) is 11.7. The first-order valence-electron chi connectivity index (χ1n) is 8.09. The minimum absolute atomic E-state index is 0.139. The van der Waals surface area contributed by atoms with E-state index in [1.54, 1.807) is 0 Å². The van der Waals surface area contributed by atoms with Crippen LogP contribution in [0.3, 0.4) is 0 Å². The second-order valence-electron chi connectivity index (χ2n) is 5.54. The van der Waals surface area contributed by atoms with Crippen molar-refractivity contribution in [1.82, 2.24) is 20.0 Å². The van der Waals surface area contributed by atoms with Gasteiger partial charge in [-0.2, -0.15) is 5.10 Å². The maximum atomic E-state index is 12.4. The van der Waals surface area contributed by atoms with Gasteiger partial charge in [0.05, 0.1) is 28.1 Å². The molecule has 130 valence electrons. The maximum Gasteiger partial charge on any atom is 0.271 e. The molecule has 1 aliphatic heterocycles. The third-order valence-corrected chi connectivity index (χ3v) is 5.21. The number of nitrogens with one attached hydrogen (secondary N) is 1. The third-order valence-electron chi connectivity index (χ3n) is 3.96. The van der Waals surface area contributed by atoms with E-state index in [9.17, 15) is 4.79 Å². The lowest BCUT2D eigenvalue weighted by atomic mass is 10.3. The number of aryl methyl sites for hydroxylation is 1. The van der Waals surface area contributed by atoms with Gasteiger partial charge < -0.3 is 10.1 Å². The average molecular weight is 369 g/mol. The molecule has 0 saturated carbocycles. The Morgan fingerprint density at radius 1 is 1.42 bits per heavy atom. The molecule has 0 unspecified atom stereocenters. The van der Waals surface area contributed by atoms with Gasteiger partial charge in [-0.05, 0) is 25.1 Å². The van der Waals surface area contributed by atoms with Crippen molar-refractivity contribution in [3.63, 3.8) is 0 Å². The van der Waals surface area contributed by atoms with Gasteiger partial charge in [-0.3, -0.25) is 14.4 Å². The first-order valence-corrected chi connectivity index (χ1v) is 9.28. The smallest absolute Gasteiger partial charge is 0.271 e. The van der Waals surface area contributed by atoms with E-state index in [4.69, 9.17) is 16.3 Å². The normalized spacial score (nSPS) is 15.6. The lowest BCUT2D eigenvalue weighted by molar-refractivity contribution is 0.0383. The van der Waals surface area contributed by atoms with Crippen molar-refractivity contribution in [2.24, 2.45) is 0 Å². The number of carbonyl (C=O) groups is 1. The molecule has 1 aliphatic rings. The Morgan fingerprint density at radius 2 is 2.21 bits per heavy atom. The van der Waals surface area contributed by atoms with Crippen LogP contribution in [0.4, 0.5) is 0 Å². The Bertz CT molecular complexity index is 694. The van der Waals surface area contributed by atoms with Crippen LogP contribution >= 0.6 is 22.9 Å². The molecule has 1 N–H and O–H groups in total. The second-order valence-corrected chi connectivity index (χ2v) is 7.26. The molecule has 0 aromatic carbocycles. The lowest BCUT2D eigenvalue weighted by Crippen LogP contribution is -2.41. The summed E-state index contributed by atoms with van der Waals surface area (Å²) in [6.07, 6.45) is 0. The molecule has 1 fully saturated rings. The van der Waals surface area contributed by atoms with Crippen molar-refractivity contribution in [3.05, 3.63) is 28.2 Å². The monoisotopic (exact) mass is 368 g/mol. The van der Waals surface area contributed by atoms with Crippen molar-refractivity contribution < 1.29 is 9.53 Å². The van der Waals surface area contributed by atoms with E-state index in [1.807, 2.05) is 29.8 Å². The highest BCUT2D eigenvalue weighted by Crippen LogP contribution is 2.31. The maximum absolute atomic E-state index is 12.4. The zero-order chi connectivity index (χ0) is 16.9. The van der Waals surface area contributed by atoms with E-state index in [0.717, 1.165) is 47.8 Å². The van der Waals surface area contributed by atoms with E-state index in [1.165, 1.54) is 11.3 Å². The fourth-order valence-corrected chi connectivity index (χ4v) is 3.73. The van der Waals surface area contributed by atoms with Crippen LogP contribution in [-0.4, -0.2) is 60.0 Å². The average Bonchev–Trinajstić information content (AvgIpc) is 3.21. The number of amides is 1. The van der Waals surface area contributed by atoms with Crippen LogP contribution < -0.4 is 5.32 Å². The number of halogens is 1. The van der Waals surface area contributed by atoms with Crippen molar-refractivity contribution >= 4 is 28.8 Å². The number of hydrogen-bond acceptors (Lipinski definition) is 5. The summed E-state index contributed by atoms with van der Waals surface area (Å²) >= 11 is 7.50. The van der Waals surface area contributed by atoms with Gasteiger partial charge in [-0.15, -0.1) is 11.3 Å². The number of hydrogen-bond donors (Lipinski definition) is 1. The molecular formula is C16H21ClN4O2S. The number of nitrogens with zero attached hydrogens (tertiary/aromatic N) is 3. The van der Waals surface area contributed by atoms with Crippen LogP contribution in [0.15, 0.2) is 18.2 Å². The summed E-state index contributed by atoms with van der Waals surface area (Å²) in [5.41, 5.74) is 1.37. The van der Waals surface area contributed by atoms with Gasteiger partial charge in [0, 0.05) is 32.7 Å². The minimum atomic E-state index is -0.139. The molecule has 2 aromatic heterocycles. The van der Waals surface area contributed by atoms with Crippen LogP contribution in [0.1, 0.15) is 17.4 Å². The van der Waals surface area contributed by atoms with Crippen molar-refractivity contribution in [2.75, 3.05) is 39.4 Å². The van der Waals surface area contributed by atoms with Crippen LogP contribution in [0.5, 0.6) is 0 Å². The van der Waals surface area contributed by atoms with E-state index >= 15 is 0 Å². The summed E-state index contributed by atoms with van der Waals surface area (Å²) in [7, 11) is 0. The van der Waals surface area contributed by atoms with Gasteiger partial charge in [0.1, 0.15) is 0 Å². The molecule has 1 saturated heterocycles. The molecule has 0 spiro atoms. The fraction of sp³-hybridized carbons (Fsp3) is 0.500. The summed E-state index contributed by atoms with van der Waals surface area (Å²) in [6.45, 7) is 7.52. The summed E-state index contributed by atoms with van der Waals surface area (Å²) in [5, 5.41) is 7.36. The highest BCUT2D eigenvalue weighted by molar-refractivity contribution is 7.19. The molecule has 0 bridgehead atoms. The van der Waals surface area contributed by atoms with E-state index in [2.05, 4.69) is 15.3 Å². The fourth-order valence-electron chi connectivity index (χ4n) is 2.66. The van der Waals surface area contributed by atoms with Crippen molar-refractivity contribution in [3.8, 4) is 10.6 Å². The standard InChI is InChI=1S/C16H21ClN4O2S/c1-2-21-13(14-3-4-15(17)24-14)11-12(19-21)16(22)18-5-6-20-7-9-23-10-8-20/h3-4,11H,2,5-10H2,1H3,(H,18,22). The molecule has 0 radical (unpaired) electrons. The van der Waals surface area contributed by atoms with Crippen LogP contribution in [0.2, 0.25) is 4.34 Å². The molecule has 8 heteroatoms. The summed E-state index contributed by atoms with van der Waals surface area (Å²) in [6, 6.07) is 5.64. The number of ether oxygens (including phenoxy) is 1. The highest BCUT2D eigenvalue weighted by atomic mass is 35.5.